The Kier molecular flexibility index (Phi) is 5.55. The molecule has 4 nitrogen and oxygen atoms in total. The zero-order valence-corrected chi connectivity index (χ0v) is 15.3. The van der Waals surface area contributed by atoms with E-state index < -0.39 is 0 Å². The molecule has 1 heterocycles. The van der Waals surface area contributed by atoms with Gasteiger partial charge in [0.15, 0.2) is 5.13 Å². The van der Waals surface area contributed by atoms with Crippen LogP contribution in [-0.2, 0) is 6.54 Å². The van der Waals surface area contributed by atoms with Crippen LogP contribution >= 0.6 is 11.3 Å². The molecule has 2 rings (SSSR count). The number of carbonyl (C=O) groups is 1. The van der Waals surface area contributed by atoms with Gasteiger partial charge < -0.3 is 5.32 Å². The van der Waals surface area contributed by atoms with E-state index in [2.05, 4.69) is 43.3 Å². The molecule has 0 bridgehead atoms. The average Bonchev–Trinajstić information content (AvgIpc) is 2.89. The first-order chi connectivity index (χ1) is 10.8. The highest BCUT2D eigenvalue weighted by Crippen LogP contribution is 2.19. The lowest BCUT2D eigenvalue weighted by molar-refractivity contribution is 0.102. The molecule has 124 valence electrons. The number of benzene rings is 1. The number of hydrogen-bond donors (Lipinski definition) is 2. The predicted molar refractivity (Wildman–Crippen MR) is 97.0 cm³/mol. The van der Waals surface area contributed by atoms with E-state index in [1.165, 1.54) is 16.9 Å². The summed E-state index contributed by atoms with van der Waals surface area (Å²) in [6.07, 6.45) is 1.76. The molecule has 1 aromatic carbocycles. The maximum Gasteiger partial charge on any atom is 0.257 e. The van der Waals surface area contributed by atoms with Crippen molar-refractivity contribution in [2.24, 2.45) is 5.41 Å². The lowest BCUT2D eigenvalue weighted by Gasteiger charge is -2.28. The number of aryl methyl sites for hydroxylation is 1. The van der Waals surface area contributed by atoms with E-state index in [9.17, 15) is 4.79 Å². The number of nitrogens with one attached hydrogen (secondary N) is 2. The molecule has 2 N–H and O–H groups in total. The van der Waals surface area contributed by atoms with Crippen molar-refractivity contribution < 1.29 is 4.79 Å². The summed E-state index contributed by atoms with van der Waals surface area (Å²) in [5, 5.41) is 6.98. The molecule has 0 saturated carbocycles. The second-order valence-electron chi connectivity index (χ2n) is 6.90. The van der Waals surface area contributed by atoms with E-state index >= 15 is 0 Å². The molecule has 1 amide bonds. The molecular formula is C18H25N3OS. The van der Waals surface area contributed by atoms with Crippen LogP contribution in [0.4, 0.5) is 5.13 Å². The number of amides is 1. The summed E-state index contributed by atoms with van der Waals surface area (Å²) < 4.78 is 0. The van der Waals surface area contributed by atoms with Gasteiger partial charge in [0.1, 0.15) is 0 Å². The Morgan fingerprint density at radius 3 is 2.43 bits per heavy atom. The third-order valence-electron chi connectivity index (χ3n) is 3.97. The van der Waals surface area contributed by atoms with Crippen LogP contribution in [0.1, 0.15) is 48.5 Å². The minimum atomic E-state index is -0.123. The molecule has 23 heavy (non-hydrogen) atoms. The van der Waals surface area contributed by atoms with Gasteiger partial charge in [-0.15, -0.1) is 11.3 Å². The summed E-state index contributed by atoms with van der Waals surface area (Å²) in [5.41, 5.74) is 2.04. The van der Waals surface area contributed by atoms with Gasteiger partial charge in [0.25, 0.3) is 5.91 Å². The molecular weight excluding hydrogens is 306 g/mol. The number of aromatic nitrogens is 1. The van der Waals surface area contributed by atoms with Gasteiger partial charge in [-0.2, -0.15) is 0 Å². The molecule has 0 saturated heterocycles. The van der Waals surface area contributed by atoms with Crippen molar-refractivity contribution in [2.45, 2.75) is 47.2 Å². The molecule has 0 fully saturated rings. The Morgan fingerprint density at radius 1 is 1.26 bits per heavy atom. The maximum absolute atomic E-state index is 12.2. The smallest absolute Gasteiger partial charge is 0.257 e. The van der Waals surface area contributed by atoms with Gasteiger partial charge in [0.2, 0.25) is 0 Å². The van der Waals surface area contributed by atoms with Crippen LogP contribution in [0.2, 0.25) is 0 Å². The van der Waals surface area contributed by atoms with Gasteiger partial charge in [0.05, 0.1) is 0 Å². The Labute approximate surface area is 142 Å². The molecule has 0 spiro atoms. The normalized spacial score (nSPS) is 12.9. The quantitative estimate of drug-likeness (QED) is 0.862. The summed E-state index contributed by atoms with van der Waals surface area (Å²) in [4.78, 5) is 17.4. The lowest BCUT2D eigenvalue weighted by atomic mass is 9.88. The molecule has 0 aliphatic carbocycles. The molecule has 1 aromatic heterocycles. The van der Waals surface area contributed by atoms with Crippen molar-refractivity contribution in [3.8, 4) is 0 Å². The van der Waals surface area contributed by atoms with E-state index in [4.69, 9.17) is 0 Å². The molecule has 0 aliphatic rings. The lowest BCUT2D eigenvalue weighted by Crippen LogP contribution is -2.37. The maximum atomic E-state index is 12.2. The number of anilines is 1. The molecule has 2 aromatic rings. The minimum absolute atomic E-state index is 0.123. The number of rotatable bonds is 5. The number of thiazole rings is 1. The van der Waals surface area contributed by atoms with Gasteiger partial charge in [-0.1, -0.05) is 32.9 Å². The van der Waals surface area contributed by atoms with Gasteiger partial charge >= 0.3 is 0 Å². The van der Waals surface area contributed by atoms with Crippen molar-refractivity contribution in [1.29, 1.82) is 0 Å². The Bertz CT molecular complexity index is 656. The fraction of sp³-hybridized carbons (Fsp3) is 0.444. The summed E-state index contributed by atoms with van der Waals surface area (Å²) >= 11 is 1.47. The van der Waals surface area contributed by atoms with Crippen molar-refractivity contribution in [1.82, 2.24) is 10.3 Å². The second kappa shape index (κ2) is 7.23. The molecule has 0 aliphatic heterocycles. The zero-order valence-electron chi connectivity index (χ0n) is 14.4. The summed E-state index contributed by atoms with van der Waals surface area (Å²) in [7, 11) is 0. The van der Waals surface area contributed by atoms with Crippen LogP contribution in [0, 0.1) is 12.3 Å². The molecule has 0 radical (unpaired) electrons. The molecule has 5 heteroatoms. The zero-order chi connectivity index (χ0) is 17.0. The third-order valence-corrected chi connectivity index (χ3v) is 4.80. The highest BCUT2D eigenvalue weighted by Gasteiger charge is 2.19. The molecule has 1 unspecified atom stereocenters. The fourth-order valence-electron chi connectivity index (χ4n) is 1.93. The second-order valence-corrected chi connectivity index (χ2v) is 8.13. The van der Waals surface area contributed by atoms with Gasteiger partial charge in [-0.05, 0) is 37.0 Å². The highest BCUT2D eigenvalue weighted by atomic mass is 32.1. The van der Waals surface area contributed by atoms with Crippen LogP contribution in [0.25, 0.3) is 0 Å². The first-order valence-corrected chi connectivity index (χ1v) is 8.63. The average molecular weight is 331 g/mol. The van der Waals surface area contributed by atoms with Gasteiger partial charge in [-0.25, -0.2) is 4.98 Å². The van der Waals surface area contributed by atoms with Crippen molar-refractivity contribution >= 4 is 22.4 Å². The van der Waals surface area contributed by atoms with Crippen LogP contribution in [-0.4, -0.2) is 16.9 Å². The largest absolute Gasteiger partial charge is 0.310 e. The third kappa shape index (κ3) is 5.15. The van der Waals surface area contributed by atoms with Crippen LogP contribution in [0.3, 0.4) is 0 Å². The number of nitrogens with zero attached hydrogens (tertiary/aromatic N) is 1. The Hall–Kier alpha value is -1.72. The minimum Gasteiger partial charge on any atom is -0.310 e. The Balaban J connectivity index is 1.92. The van der Waals surface area contributed by atoms with Crippen molar-refractivity contribution in [3.05, 3.63) is 46.5 Å². The summed E-state index contributed by atoms with van der Waals surface area (Å²) in [6.45, 7) is 11.6. The van der Waals surface area contributed by atoms with Gasteiger partial charge in [-0.3, -0.25) is 10.1 Å². The number of hydrogen-bond acceptors (Lipinski definition) is 4. The van der Waals surface area contributed by atoms with Crippen molar-refractivity contribution in [2.75, 3.05) is 5.32 Å². The van der Waals surface area contributed by atoms with E-state index in [0.717, 1.165) is 11.4 Å². The van der Waals surface area contributed by atoms with E-state index in [0.29, 0.717) is 16.7 Å². The van der Waals surface area contributed by atoms with Crippen molar-refractivity contribution in [3.63, 3.8) is 0 Å². The SMILES string of the molecule is Cc1cnc(NC(=O)c2ccc(CNC(C)C(C)(C)C)cc2)s1. The standard InChI is InChI=1S/C18H25N3OS/c1-12-10-20-17(23-12)21-16(22)15-8-6-14(7-9-15)11-19-13(2)18(3,4)5/h6-10,13,19H,11H2,1-5H3,(H,20,21,22). The summed E-state index contributed by atoms with van der Waals surface area (Å²) in [6, 6.07) is 8.11. The monoisotopic (exact) mass is 331 g/mol. The highest BCUT2D eigenvalue weighted by molar-refractivity contribution is 7.15. The van der Waals surface area contributed by atoms with Crippen LogP contribution in [0.15, 0.2) is 30.5 Å². The van der Waals surface area contributed by atoms with E-state index in [-0.39, 0.29) is 11.3 Å². The number of carbonyl (C=O) groups excluding carboxylic acids is 1. The van der Waals surface area contributed by atoms with E-state index in [1.807, 2.05) is 31.2 Å². The predicted octanol–water partition coefficient (Wildman–Crippen LogP) is 4.23. The Morgan fingerprint density at radius 2 is 1.91 bits per heavy atom. The first-order valence-electron chi connectivity index (χ1n) is 7.82. The summed E-state index contributed by atoms with van der Waals surface area (Å²) in [5.74, 6) is -0.123. The molecule has 1 atom stereocenters. The van der Waals surface area contributed by atoms with Gasteiger partial charge in [0, 0.05) is 29.2 Å². The van der Waals surface area contributed by atoms with Crippen LogP contribution in [0.5, 0.6) is 0 Å². The topological polar surface area (TPSA) is 54.0 Å². The van der Waals surface area contributed by atoms with Crippen LogP contribution < -0.4 is 10.6 Å². The first kappa shape index (κ1) is 17.6. The van der Waals surface area contributed by atoms with E-state index in [1.54, 1.807) is 6.20 Å². The fourth-order valence-corrected chi connectivity index (χ4v) is 2.59.